The van der Waals surface area contributed by atoms with Crippen LogP contribution in [0.5, 0.6) is 0 Å². The van der Waals surface area contributed by atoms with Crippen molar-refractivity contribution in [2.75, 3.05) is 0 Å². The van der Waals surface area contributed by atoms with Crippen molar-refractivity contribution in [2.24, 2.45) is 11.5 Å². The molecule has 0 spiro atoms. The lowest BCUT2D eigenvalue weighted by Crippen LogP contribution is -2.40. The third-order valence-electron chi connectivity index (χ3n) is 3.96. The Labute approximate surface area is 185 Å². The van der Waals surface area contributed by atoms with Crippen molar-refractivity contribution < 1.29 is 33.6 Å². The van der Waals surface area contributed by atoms with Crippen molar-refractivity contribution >= 4 is 36.5 Å². The molecule has 1 saturated heterocycles. The standard InChI is InChI=1S/C8H10N2O5.C8H11N.C4H8N2O2/c1-5(9-4-11)8(14)15-10-6(12)2-3-7(10)13;1-7-2-4-8(6-9)5-3-7;1-3(4(5)8)6-2-7/h4-5H,2-3H2,1H3,(H,9,11);2-5H,6,9H2,1H3;2-3H,1H3,(H2,5,8)(H,6,7). The zero-order valence-corrected chi connectivity index (χ0v) is 18.2. The molecule has 176 valence electrons. The summed E-state index contributed by atoms with van der Waals surface area (Å²) in [7, 11) is 0. The van der Waals surface area contributed by atoms with Crippen LogP contribution in [0.4, 0.5) is 0 Å². The van der Waals surface area contributed by atoms with E-state index < -0.39 is 35.8 Å². The van der Waals surface area contributed by atoms with Crippen molar-refractivity contribution in [3.63, 3.8) is 0 Å². The number of carbonyl (C=O) groups excluding carboxylic acids is 6. The zero-order chi connectivity index (χ0) is 24.7. The maximum absolute atomic E-state index is 11.2. The van der Waals surface area contributed by atoms with Gasteiger partial charge in [0.25, 0.3) is 11.8 Å². The van der Waals surface area contributed by atoms with E-state index in [0.717, 1.165) is 0 Å². The van der Waals surface area contributed by atoms with Gasteiger partial charge in [-0.3, -0.25) is 24.0 Å². The molecule has 1 aliphatic rings. The van der Waals surface area contributed by atoms with Crippen LogP contribution in [0.1, 0.15) is 37.8 Å². The second kappa shape index (κ2) is 15.1. The molecule has 0 saturated carbocycles. The fourth-order valence-corrected chi connectivity index (χ4v) is 1.91. The van der Waals surface area contributed by atoms with Gasteiger partial charge in [0.1, 0.15) is 12.1 Å². The lowest BCUT2D eigenvalue weighted by atomic mass is 10.2. The summed E-state index contributed by atoms with van der Waals surface area (Å²) in [5, 5.41) is 4.77. The SMILES string of the molecule is CC(NC=O)C(=O)ON1C(=O)CCC1=O.CC(NC=O)C(N)=O.Cc1ccc(CN)cc1. The van der Waals surface area contributed by atoms with Crippen LogP contribution in [0.25, 0.3) is 0 Å². The molecule has 0 bridgehead atoms. The molecule has 1 fully saturated rings. The fraction of sp³-hybridized carbons (Fsp3) is 0.400. The maximum Gasteiger partial charge on any atom is 0.354 e. The minimum atomic E-state index is -0.899. The molecule has 1 aliphatic heterocycles. The van der Waals surface area contributed by atoms with Gasteiger partial charge in [0, 0.05) is 19.4 Å². The third-order valence-corrected chi connectivity index (χ3v) is 3.96. The van der Waals surface area contributed by atoms with Crippen LogP contribution in [0.3, 0.4) is 0 Å². The Morgan fingerprint density at radius 1 is 1.03 bits per heavy atom. The van der Waals surface area contributed by atoms with E-state index in [1.54, 1.807) is 0 Å². The first-order chi connectivity index (χ1) is 15.1. The van der Waals surface area contributed by atoms with E-state index >= 15 is 0 Å². The highest BCUT2D eigenvalue weighted by atomic mass is 16.7. The molecule has 12 heteroatoms. The van der Waals surface area contributed by atoms with E-state index in [0.29, 0.717) is 24.4 Å². The van der Waals surface area contributed by atoms with Gasteiger partial charge < -0.3 is 26.9 Å². The zero-order valence-electron chi connectivity index (χ0n) is 18.2. The average Bonchev–Trinajstić information content (AvgIpc) is 3.07. The van der Waals surface area contributed by atoms with Crippen LogP contribution in [0.2, 0.25) is 0 Å². The molecule has 0 aliphatic carbocycles. The van der Waals surface area contributed by atoms with Crippen molar-refractivity contribution in [1.82, 2.24) is 15.7 Å². The van der Waals surface area contributed by atoms with Gasteiger partial charge in [-0.25, -0.2) is 4.79 Å². The van der Waals surface area contributed by atoms with Gasteiger partial charge in [-0.15, -0.1) is 5.06 Å². The minimum absolute atomic E-state index is 0.0433. The number of hydrogen-bond acceptors (Lipinski definition) is 8. The number of carbonyl (C=O) groups is 6. The molecule has 6 N–H and O–H groups in total. The van der Waals surface area contributed by atoms with Gasteiger partial charge in [-0.05, 0) is 26.3 Å². The van der Waals surface area contributed by atoms with Gasteiger partial charge in [0.2, 0.25) is 18.7 Å². The lowest BCUT2D eigenvalue weighted by Gasteiger charge is -2.15. The van der Waals surface area contributed by atoms with E-state index in [2.05, 4.69) is 46.7 Å². The second-order valence-corrected chi connectivity index (χ2v) is 6.60. The van der Waals surface area contributed by atoms with Gasteiger partial charge in [-0.2, -0.15) is 0 Å². The van der Waals surface area contributed by atoms with Crippen molar-refractivity contribution in [2.45, 2.75) is 52.2 Å². The van der Waals surface area contributed by atoms with Crippen LogP contribution in [-0.4, -0.2) is 53.7 Å². The Balaban J connectivity index is 0.000000485. The molecular formula is C20H29N5O7. The predicted molar refractivity (Wildman–Crippen MR) is 113 cm³/mol. The minimum Gasteiger partial charge on any atom is -0.368 e. The first-order valence-corrected chi connectivity index (χ1v) is 9.59. The van der Waals surface area contributed by atoms with E-state index in [-0.39, 0.29) is 12.8 Å². The Morgan fingerprint density at radius 3 is 1.88 bits per heavy atom. The fourth-order valence-electron chi connectivity index (χ4n) is 1.91. The summed E-state index contributed by atoms with van der Waals surface area (Å²) < 4.78 is 0. The van der Waals surface area contributed by atoms with Crippen molar-refractivity contribution in [3.8, 4) is 0 Å². The number of rotatable bonds is 8. The Morgan fingerprint density at radius 2 is 1.50 bits per heavy atom. The number of aryl methyl sites for hydroxylation is 1. The van der Waals surface area contributed by atoms with Gasteiger partial charge in [-0.1, -0.05) is 29.8 Å². The number of primary amides is 1. The molecule has 12 nitrogen and oxygen atoms in total. The Kier molecular flexibility index (Phi) is 13.3. The largest absolute Gasteiger partial charge is 0.368 e. The molecule has 5 amide bonds. The molecule has 1 aromatic rings. The van der Waals surface area contributed by atoms with Crippen molar-refractivity contribution in [3.05, 3.63) is 35.4 Å². The van der Waals surface area contributed by atoms with Crippen LogP contribution >= 0.6 is 0 Å². The molecule has 2 rings (SSSR count). The maximum atomic E-state index is 11.2. The van der Waals surface area contributed by atoms with E-state index in [1.807, 2.05) is 0 Å². The van der Waals surface area contributed by atoms with Gasteiger partial charge in [0.15, 0.2) is 0 Å². The number of hydroxylamine groups is 2. The number of hydrogen-bond donors (Lipinski definition) is 4. The smallest absolute Gasteiger partial charge is 0.354 e. The molecule has 0 radical (unpaired) electrons. The van der Waals surface area contributed by atoms with Gasteiger partial charge >= 0.3 is 5.97 Å². The number of benzene rings is 1. The highest BCUT2D eigenvalue weighted by Gasteiger charge is 2.33. The summed E-state index contributed by atoms with van der Waals surface area (Å²) in [6.45, 7) is 5.60. The first kappa shape index (κ1) is 28.2. The van der Waals surface area contributed by atoms with Crippen LogP contribution in [-0.2, 0) is 40.1 Å². The average molecular weight is 451 g/mol. The second-order valence-electron chi connectivity index (χ2n) is 6.60. The molecular weight excluding hydrogens is 422 g/mol. The third kappa shape index (κ3) is 10.8. The monoisotopic (exact) mass is 451 g/mol. The van der Waals surface area contributed by atoms with E-state index in [4.69, 9.17) is 11.5 Å². The quantitative estimate of drug-likeness (QED) is 0.279. The molecule has 0 aromatic heterocycles. The van der Waals surface area contributed by atoms with Gasteiger partial charge in [0.05, 0.1) is 0 Å². The summed E-state index contributed by atoms with van der Waals surface area (Å²) >= 11 is 0. The van der Waals surface area contributed by atoms with Crippen LogP contribution in [0, 0.1) is 6.92 Å². The molecule has 32 heavy (non-hydrogen) atoms. The topological polar surface area (TPSA) is 191 Å². The molecule has 1 aromatic carbocycles. The number of nitrogens with one attached hydrogen (secondary N) is 2. The highest BCUT2D eigenvalue weighted by molar-refractivity contribution is 6.01. The summed E-state index contributed by atoms with van der Waals surface area (Å²) in [4.78, 5) is 67.5. The molecule has 2 unspecified atom stereocenters. The van der Waals surface area contributed by atoms with Crippen LogP contribution in [0.15, 0.2) is 24.3 Å². The summed E-state index contributed by atoms with van der Waals surface area (Å²) in [6.07, 6.45) is 0.859. The predicted octanol–water partition coefficient (Wildman–Crippen LogP) is -1.21. The number of amides is 5. The first-order valence-electron chi connectivity index (χ1n) is 9.59. The summed E-state index contributed by atoms with van der Waals surface area (Å²) in [5.41, 5.74) is 12.6. The number of nitrogens with two attached hydrogens (primary N) is 2. The molecule has 1 heterocycles. The van der Waals surface area contributed by atoms with E-state index in [9.17, 15) is 28.8 Å². The Bertz CT molecular complexity index is 782. The number of nitrogens with zero attached hydrogens (tertiary/aromatic N) is 1. The summed E-state index contributed by atoms with van der Waals surface area (Å²) in [5.74, 6) is -2.49. The lowest BCUT2D eigenvalue weighted by molar-refractivity contribution is -0.198. The number of imide groups is 1. The van der Waals surface area contributed by atoms with E-state index in [1.165, 1.54) is 25.0 Å². The molecule has 2 atom stereocenters. The normalized spacial score (nSPS) is 13.9. The summed E-state index contributed by atoms with van der Waals surface area (Å²) in [6, 6.07) is 6.78. The van der Waals surface area contributed by atoms with Crippen LogP contribution < -0.4 is 22.1 Å². The van der Waals surface area contributed by atoms with Crippen molar-refractivity contribution in [1.29, 1.82) is 0 Å². The Hall–Kier alpha value is -3.80. The highest BCUT2D eigenvalue weighted by Crippen LogP contribution is 2.12.